The average Bonchev–Trinajstić information content (AvgIpc) is 2.96. The molecule has 0 amide bonds. The first-order valence-corrected chi connectivity index (χ1v) is 5.04. The molecule has 0 saturated heterocycles. The number of hydrogen-bond acceptors (Lipinski definition) is 5. The third-order valence-electron chi connectivity index (χ3n) is 2.49. The molecule has 6 nitrogen and oxygen atoms in total. The molecule has 1 fully saturated rings. The van der Waals surface area contributed by atoms with Crippen molar-refractivity contribution in [2.45, 2.75) is 18.9 Å². The highest BCUT2D eigenvalue weighted by Gasteiger charge is 2.23. The van der Waals surface area contributed by atoms with E-state index in [1.54, 1.807) is 6.07 Å². The van der Waals surface area contributed by atoms with E-state index in [1.165, 1.54) is 12.1 Å². The highest BCUT2D eigenvalue weighted by Crippen LogP contribution is 2.28. The van der Waals surface area contributed by atoms with Crippen LogP contribution in [0.2, 0.25) is 0 Å². The summed E-state index contributed by atoms with van der Waals surface area (Å²) >= 11 is 0. The molecule has 0 radical (unpaired) electrons. The third-order valence-corrected chi connectivity index (χ3v) is 2.49. The number of fused-ring (bicyclic) bond motifs is 1. The number of aromatic nitrogens is 1. The molecular formula is C10H9N3O3. The van der Waals surface area contributed by atoms with Gasteiger partial charge in [0.2, 0.25) is 0 Å². The number of nitro groups is 1. The van der Waals surface area contributed by atoms with Gasteiger partial charge in [-0.3, -0.25) is 10.1 Å². The van der Waals surface area contributed by atoms with Crippen molar-refractivity contribution in [2.24, 2.45) is 0 Å². The molecule has 1 aliphatic carbocycles. The molecule has 1 N–H and O–H groups in total. The zero-order chi connectivity index (χ0) is 11.1. The van der Waals surface area contributed by atoms with Crippen molar-refractivity contribution in [2.75, 3.05) is 5.32 Å². The Kier molecular flexibility index (Phi) is 1.82. The molecule has 82 valence electrons. The van der Waals surface area contributed by atoms with Gasteiger partial charge < -0.3 is 9.73 Å². The van der Waals surface area contributed by atoms with E-state index in [2.05, 4.69) is 10.3 Å². The van der Waals surface area contributed by atoms with Crippen molar-refractivity contribution < 1.29 is 9.34 Å². The Bertz CT molecular complexity index is 559. The first kappa shape index (κ1) is 9.14. The molecule has 0 unspecified atom stereocenters. The fourth-order valence-corrected chi connectivity index (χ4v) is 1.49. The number of nitrogens with one attached hydrogen (secondary N) is 1. The topological polar surface area (TPSA) is 81.2 Å². The van der Waals surface area contributed by atoms with E-state index in [0.717, 1.165) is 12.8 Å². The number of nitro benzene ring substituents is 1. The van der Waals surface area contributed by atoms with Gasteiger partial charge >= 0.3 is 0 Å². The van der Waals surface area contributed by atoms with Gasteiger partial charge in [0.15, 0.2) is 5.58 Å². The summed E-state index contributed by atoms with van der Waals surface area (Å²) < 4.78 is 5.41. The Hall–Kier alpha value is -2.11. The van der Waals surface area contributed by atoms with Gasteiger partial charge in [-0.1, -0.05) is 0 Å². The quantitative estimate of drug-likeness (QED) is 0.632. The van der Waals surface area contributed by atoms with Gasteiger partial charge in [-0.25, -0.2) is 0 Å². The highest BCUT2D eigenvalue weighted by molar-refractivity contribution is 5.77. The van der Waals surface area contributed by atoms with Gasteiger partial charge in [-0.05, 0) is 18.9 Å². The maximum atomic E-state index is 10.6. The molecule has 1 aromatic carbocycles. The molecule has 3 rings (SSSR count). The van der Waals surface area contributed by atoms with Crippen molar-refractivity contribution in [3.05, 3.63) is 28.3 Å². The number of benzene rings is 1. The Morgan fingerprint density at radius 2 is 2.31 bits per heavy atom. The summed E-state index contributed by atoms with van der Waals surface area (Å²) in [6.07, 6.45) is 2.25. The molecule has 6 heteroatoms. The minimum absolute atomic E-state index is 0.0266. The van der Waals surface area contributed by atoms with Crippen molar-refractivity contribution in [1.82, 2.24) is 4.98 Å². The van der Waals surface area contributed by atoms with E-state index in [4.69, 9.17) is 4.42 Å². The van der Waals surface area contributed by atoms with E-state index in [0.29, 0.717) is 23.2 Å². The van der Waals surface area contributed by atoms with Gasteiger partial charge in [0.1, 0.15) is 5.52 Å². The zero-order valence-electron chi connectivity index (χ0n) is 8.34. The molecular weight excluding hydrogens is 210 g/mol. The summed E-state index contributed by atoms with van der Waals surface area (Å²) in [5, 5.41) is 13.7. The Labute approximate surface area is 90.4 Å². The standard InChI is InChI=1S/C10H9N3O3/c14-13(15)7-3-4-9-8(5-7)12-10(16-9)11-6-1-2-6/h3-6H,1-2H2,(H,11,12). The van der Waals surface area contributed by atoms with Crippen LogP contribution < -0.4 is 5.32 Å². The molecule has 2 aromatic rings. The van der Waals surface area contributed by atoms with Crippen molar-refractivity contribution in [3.8, 4) is 0 Å². The number of hydrogen-bond donors (Lipinski definition) is 1. The summed E-state index contributed by atoms with van der Waals surface area (Å²) in [4.78, 5) is 14.3. The maximum Gasteiger partial charge on any atom is 0.295 e. The number of anilines is 1. The SMILES string of the molecule is O=[N+]([O-])c1ccc2oc(NC3CC3)nc2c1. The Morgan fingerprint density at radius 3 is 3.00 bits per heavy atom. The van der Waals surface area contributed by atoms with Crippen LogP contribution in [-0.4, -0.2) is 15.9 Å². The fraction of sp³-hybridized carbons (Fsp3) is 0.300. The van der Waals surface area contributed by atoms with Crippen LogP contribution in [0.4, 0.5) is 11.7 Å². The van der Waals surface area contributed by atoms with Gasteiger partial charge in [0.25, 0.3) is 11.7 Å². The lowest BCUT2D eigenvalue weighted by Crippen LogP contribution is -2.00. The number of rotatable bonds is 3. The van der Waals surface area contributed by atoms with Gasteiger partial charge in [-0.15, -0.1) is 0 Å². The second-order valence-corrected chi connectivity index (χ2v) is 3.85. The minimum Gasteiger partial charge on any atom is -0.424 e. The predicted octanol–water partition coefficient (Wildman–Crippen LogP) is 2.31. The van der Waals surface area contributed by atoms with E-state index in [1.807, 2.05) is 0 Å². The van der Waals surface area contributed by atoms with Crippen LogP contribution >= 0.6 is 0 Å². The van der Waals surface area contributed by atoms with Gasteiger partial charge in [0.05, 0.1) is 4.92 Å². The van der Waals surface area contributed by atoms with Crippen molar-refractivity contribution in [3.63, 3.8) is 0 Å². The van der Waals surface area contributed by atoms with Crippen LogP contribution in [0, 0.1) is 10.1 Å². The monoisotopic (exact) mass is 219 g/mol. The van der Waals surface area contributed by atoms with Crippen LogP contribution in [0.5, 0.6) is 0 Å². The summed E-state index contributed by atoms with van der Waals surface area (Å²) in [5.74, 6) is 0. The summed E-state index contributed by atoms with van der Waals surface area (Å²) in [5.41, 5.74) is 1.10. The van der Waals surface area contributed by atoms with Crippen LogP contribution in [-0.2, 0) is 0 Å². The van der Waals surface area contributed by atoms with E-state index in [-0.39, 0.29) is 5.69 Å². The first-order valence-electron chi connectivity index (χ1n) is 5.04. The lowest BCUT2D eigenvalue weighted by atomic mass is 10.3. The van der Waals surface area contributed by atoms with Crippen LogP contribution in [0.15, 0.2) is 22.6 Å². The van der Waals surface area contributed by atoms with Crippen molar-refractivity contribution >= 4 is 22.8 Å². The van der Waals surface area contributed by atoms with Crippen molar-refractivity contribution in [1.29, 1.82) is 0 Å². The lowest BCUT2D eigenvalue weighted by Gasteiger charge is -1.93. The molecule has 1 aromatic heterocycles. The van der Waals surface area contributed by atoms with Gasteiger partial charge in [-0.2, -0.15) is 4.98 Å². The summed E-state index contributed by atoms with van der Waals surface area (Å²) in [6.45, 7) is 0. The smallest absolute Gasteiger partial charge is 0.295 e. The summed E-state index contributed by atoms with van der Waals surface area (Å²) in [7, 11) is 0. The largest absolute Gasteiger partial charge is 0.424 e. The van der Waals surface area contributed by atoms with Gasteiger partial charge in [0, 0.05) is 18.2 Å². The number of oxazole rings is 1. The fourth-order valence-electron chi connectivity index (χ4n) is 1.49. The number of non-ortho nitro benzene ring substituents is 1. The molecule has 0 spiro atoms. The van der Waals surface area contributed by atoms with E-state index >= 15 is 0 Å². The predicted molar refractivity (Wildman–Crippen MR) is 57.3 cm³/mol. The Balaban J connectivity index is 1.99. The van der Waals surface area contributed by atoms with Crippen LogP contribution in [0.1, 0.15) is 12.8 Å². The molecule has 1 aliphatic rings. The molecule has 0 bridgehead atoms. The number of nitrogens with zero attached hydrogens (tertiary/aromatic N) is 2. The second kappa shape index (κ2) is 3.19. The summed E-state index contributed by atoms with van der Waals surface area (Å²) in [6, 6.07) is 5.28. The highest BCUT2D eigenvalue weighted by atomic mass is 16.6. The minimum atomic E-state index is -0.442. The zero-order valence-corrected chi connectivity index (χ0v) is 8.34. The normalized spacial score (nSPS) is 15.2. The average molecular weight is 219 g/mol. The van der Waals surface area contributed by atoms with Crippen LogP contribution in [0.25, 0.3) is 11.1 Å². The molecule has 0 atom stereocenters. The lowest BCUT2D eigenvalue weighted by molar-refractivity contribution is -0.384. The molecule has 1 saturated carbocycles. The van der Waals surface area contributed by atoms with Crippen LogP contribution in [0.3, 0.4) is 0 Å². The van der Waals surface area contributed by atoms with E-state index in [9.17, 15) is 10.1 Å². The Morgan fingerprint density at radius 1 is 1.50 bits per heavy atom. The first-order chi connectivity index (χ1) is 7.72. The maximum absolute atomic E-state index is 10.6. The van der Waals surface area contributed by atoms with E-state index < -0.39 is 4.92 Å². The molecule has 16 heavy (non-hydrogen) atoms. The third kappa shape index (κ3) is 1.58. The second-order valence-electron chi connectivity index (χ2n) is 3.85. The molecule has 0 aliphatic heterocycles. The molecule has 1 heterocycles.